The first kappa shape index (κ1) is 14.2. The summed E-state index contributed by atoms with van der Waals surface area (Å²) in [6.45, 7) is 12.3. The Balaban J connectivity index is 2.46. The molecule has 0 saturated carbocycles. The van der Waals surface area contributed by atoms with Crippen LogP contribution in [0.5, 0.6) is 0 Å². The van der Waals surface area contributed by atoms with Crippen LogP contribution in [-0.4, -0.2) is 28.0 Å². The first-order chi connectivity index (χ1) is 7.74. The summed E-state index contributed by atoms with van der Waals surface area (Å²) in [6.07, 6.45) is 3.96. The highest BCUT2D eigenvalue weighted by Crippen LogP contribution is 2.14. The summed E-state index contributed by atoms with van der Waals surface area (Å²) in [4.78, 5) is 0. The van der Waals surface area contributed by atoms with E-state index in [0.29, 0.717) is 0 Å². The van der Waals surface area contributed by atoms with Crippen molar-refractivity contribution in [2.24, 2.45) is 5.41 Å². The summed E-state index contributed by atoms with van der Waals surface area (Å²) in [6, 6.07) is 0. The van der Waals surface area contributed by atoms with Gasteiger partial charge in [0.15, 0.2) is 0 Å². The van der Waals surface area contributed by atoms with Gasteiger partial charge in [0.25, 0.3) is 0 Å². The van der Waals surface area contributed by atoms with Gasteiger partial charge >= 0.3 is 0 Å². The first-order valence-corrected chi connectivity index (χ1v) is 6.10. The molecule has 1 aromatic rings. The molecule has 1 aromatic heterocycles. The lowest BCUT2D eigenvalue weighted by atomic mass is 9.95. The lowest BCUT2D eigenvalue weighted by molar-refractivity contribution is 0.156. The van der Waals surface area contributed by atoms with Crippen LogP contribution in [-0.2, 0) is 12.1 Å². The van der Waals surface area contributed by atoms with Crippen LogP contribution in [0.1, 0.15) is 40.2 Å². The van der Waals surface area contributed by atoms with Crippen molar-refractivity contribution in [1.82, 2.24) is 15.1 Å². The molecule has 0 amide bonds. The fraction of sp³-hybridized carbons (Fsp3) is 0.769. The van der Waals surface area contributed by atoms with Crippen molar-refractivity contribution < 1.29 is 5.11 Å². The Kier molecular flexibility index (Phi) is 4.33. The van der Waals surface area contributed by atoms with Gasteiger partial charge in [0.1, 0.15) is 0 Å². The van der Waals surface area contributed by atoms with E-state index in [1.54, 1.807) is 0 Å². The lowest BCUT2D eigenvalue weighted by Crippen LogP contribution is -2.31. The highest BCUT2D eigenvalue weighted by Gasteiger charge is 2.16. The van der Waals surface area contributed by atoms with E-state index in [1.165, 1.54) is 5.56 Å². The molecule has 0 saturated heterocycles. The molecule has 0 radical (unpaired) electrons. The van der Waals surface area contributed by atoms with E-state index in [9.17, 15) is 0 Å². The van der Waals surface area contributed by atoms with Crippen LogP contribution in [0.25, 0.3) is 0 Å². The summed E-state index contributed by atoms with van der Waals surface area (Å²) < 4.78 is 1.97. The van der Waals surface area contributed by atoms with Crippen LogP contribution >= 0.6 is 0 Å². The van der Waals surface area contributed by atoms with Crippen molar-refractivity contribution in [2.45, 2.75) is 46.7 Å². The number of nitrogens with zero attached hydrogens (tertiary/aromatic N) is 2. The molecule has 0 fully saturated rings. The summed E-state index contributed by atoms with van der Waals surface area (Å²) in [7, 11) is 0. The van der Waals surface area contributed by atoms with E-state index in [4.69, 9.17) is 5.11 Å². The van der Waals surface area contributed by atoms with Gasteiger partial charge in [0.05, 0.1) is 11.7 Å². The van der Waals surface area contributed by atoms with Gasteiger partial charge in [0, 0.05) is 36.9 Å². The van der Waals surface area contributed by atoms with Crippen LogP contribution in [0.3, 0.4) is 0 Å². The predicted octanol–water partition coefficient (Wildman–Crippen LogP) is 1.75. The van der Waals surface area contributed by atoms with Crippen LogP contribution in [0.4, 0.5) is 0 Å². The molecule has 0 aliphatic heterocycles. The zero-order valence-electron chi connectivity index (χ0n) is 11.6. The molecule has 0 spiro atoms. The minimum absolute atomic E-state index is 0.0304. The standard InChI is InChI=1S/C13H25N3O/c1-12(2,3)16-8-11(7-15-16)6-14-9-13(4,5)10-17/h7-8,14,17H,6,9-10H2,1-5H3. The number of hydrogen-bond acceptors (Lipinski definition) is 3. The second-order valence-corrected chi connectivity index (χ2v) is 6.39. The Labute approximate surface area is 104 Å². The molecule has 98 valence electrons. The molecule has 1 rings (SSSR count). The van der Waals surface area contributed by atoms with E-state index < -0.39 is 0 Å². The van der Waals surface area contributed by atoms with Crippen molar-refractivity contribution >= 4 is 0 Å². The molecule has 0 aliphatic carbocycles. The smallest absolute Gasteiger partial charge is 0.0543 e. The largest absolute Gasteiger partial charge is 0.396 e. The normalized spacial score (nSPS) is 13.1. The molecule has 4 nitrogen and oxygen atoms in total. The first-order valence-electron chi connectivity index (χ1n) is 6.10. The number of hydrogen-bond donors (Lipinski definition) is 2. The average Bonchev–Trinajstić information content (AvgIpc) is 2.66. The summed E-state index contributed by atoms with van der Waals surface area (Å²) in [5, 5.41) is 16.8. The fourth-order valence-electron chi connectivity index (χ4n) is 1.42. The van der Waals surface area contributed by atoms with Crippen LogP contribution < -0.4 is 5.32 Å². The van der Waals surface area contributed by atoms with Gasteiger partial charge < -0.3 is 10.4 Å². The third-order valence-corrected chi connectivity index (χ3v) is 2.68. The maximum atomic E-state index is 9.15. The molecule has 0 bridgehead atoms. The maximum Gasteiger partial charge on any atom is 0.0543 e. The van der Waals surface area contributed by atoms with Gasteiger partial charge in [-0.15, -0.1) is 0 Å². The van der Waals surface area contributed by atoms with Crippen molar-refractivity contribution in [3.63, 3.8) is 0 Å². The molecule has 0 aliphatic rings. The topological polar surface area (TPSA) is 50.1 Å². The second-order valence-electron chi connectivity index (χ2n) is 6.39. The van der Waals surface area contributed by atoms with Gasteiger partial charge in [-0.1, -0.05) is 13.8 Å². The molecule has 2 N–H and O–H groups in total. The number of nitrogens with one attached hydrogen (secondary N) is 1. The molecular weight excluding hydrogens is 214 g/mol. The van der Waals surface area contributed by atoms with E-state index in [2.05, 4.69) is 37.4 Å². The van der Waals surface area contributed by atoms with Crippen molar-refractivity contribution in [1.29, 1.82) is 0 Å². The monoisotopic (exact) mass is 239 g/mol. The number of rotatable bonds is 5. The quantitative estimate of drug-likeness (QED) is 0.823. The molecule has 1 heterocycles. The average molecular weight is 239 g/mol. The van der Waals surface area contributed by atoms with E-state index >= 15 is 0 Å². The van der Waals surface area contributed by atoms with E-state index in [1.807, 2.05) is 24.7 Å². The minimum Gasteiger partial charge on any atom is -0.396 e. The van der Waals surface area contributed by atoms with E-state index in [0.717, 1.165) is 13.1 Å². The van der Waals surface area contributed by atoms with E-state index in [-0.39, 0.29) is 17.6 Å². The summed E-state index contributed by atoms with van der Waals surface area (Å²) in [5.41, 5.74) is 1.14. The minimum atomic E-state index is -0.0694. The van der Waals surface area contributed by atoms with Crippen LogP contribution in [0.2, 0.25) is 0 Å². The van der Waals surface area contributed by atoms with Gasteiger partial charge in [-0.05, 0) is 20.8 Å². The molecule has 0 unspecified atom stereocenters. The SMILES string of the molecule is CC(C)(CO)CNCc1cnn(C(C)(C)C)c1. The molecule has 0 aromatic carbocycles. The highest BCUT2D eigenvalue weighted by atomic mass is 16.3. The Morgan fingerprint density at radius 2 is 1.94 bits per heavy atom. The molecular formula is C13H25N3O. The van der Waals surface area contributed by atoms with Gasteiger partial charge in [-0.25, -0.2) is 0 Å². The summed E-state index contributed by atoms with van der Waals surface area (Å²) in [5.74, 6) is 0. The van der Waals surface area contributed by atoms with Gasteiger partial charge in [-0.2, -0.15) is 5.10 Å². The highest BCUT2D eigenvalue weighted by molar-refractivity contribution is 5.04. The molecule has 17 heavy (non-hydrogen) atoms. The Morgan fingerprint density at radius 1 is 1.29 bits per heavy atom. The van der Waals surface area contributed by atoms with Crippen LogP contribution in [0, 0.1) is 5.41 Å². The number of aliphatic hydroxyl groups excluding tert-OH is 1. The van der Waals surface area contributed by atoms with Crippen molar-refractivity contribution in [2.75, 3.05) is 13.2 Å². The van der Waals surface area contributed by atoms with Gasteiger partial charge in [-0.3, -0.25) is 4.68 Å². The third-order valence-electron chi connectivity index (χ3n) is 2.68. The number of aromatic nitrogens is 2. The Bertz CT molecular complexity index is 350. The molecule has 4 heteroatoms. The second kappa shape index (κ2) is 5.19. The summed E-state index contributed by atoms with van der Waals surface area (Å²) >= 11 is 0. The van der Waals surface area contributed by atoms with Crippen LogP contribution in [0.15, 0.2) is 12.4 Å². The maximum absolute atomic E-state index is 9.15. The van der Waals surface area contributed by atoms with Gasteiger partial charge in [0.2, 0.25) is 0 Å². The zero-order chi connectivity index (χ0) is 13.1. The Hall–Kier alpha value is -0.870. The zero-order valence-corrected chi connectivity index (χ0v) is 11.6. The van der Waals surface area contributed by atoms with Crippen molar-refractivity contribution in [3.8, 4) is 0 Å². The lowest BCUT2D eigenvalue weighted by Gasteiger charge is -2.21. The predicted molar refractivity (Wildman–Crippen MR) is 69.8 cm³/mol. The molecule has 0 atom stereocenters. The number of aliphatic hydroxyl groups is 1. The third kappa shape index (κ3) is 4.48. The fourth-order valence-corrected chi connectivity index (χ4v) is 1.42. The Morgan fingerprint density at radius 3 is 2.41 bits per heavy atom. The van der Waals surface area contributed by atoms with Crippen molar-refractivity contribution in [3.05, 3.63) is 18.0 Å².